The molecule has 22 heavy (non-hydrogen) atoms. The summed E-state index contributed by atoms with van der Waals surface area (Å²) in [7, 11) is 0. The van der Waals surface area contributed by atoms with Crippen LogP contribution in [0.25, 0.3) is 0 Å². The smallest absolute Gasteiger partial charge is 0.119 e. The third-order valence-corrected chi connectivity index (χ3v) is 4.45. The first-order valence-corrected chi connectivity index (χ1v) is 8.23. The molecule has 0 radical (unpaired) electrons. The number of rotatable bonds is 5. The van der Waals surface area contributed by atoms with Gasteiger partial charge in [0.1, 0.15) is 12.4 Å². The lowest BCUT2D eigenvalue weighted by Gasteiger charge is -2.28. The average molecular weight is 296 g/mol. The quantitative estimate of drug-likeness (QED) is 0.760. The Hall–Kier alpha value is -1.80. The van der Waals surface area contributed by atoms with E-state index in [9.17, 15) is 0 Å². The van der Waals surface area contributed by atoms with Crippen LogP contribution in [-0.4, -0.2) is 6.61 Å². The molecule has 0 aromatic heterocycles. The van der Waals surface area contributed by atoms with Crippen molar-refractivity contribution >= 4 is 0 Å². The van der Waals surface area contributed by atoms with Gasteiger partial charge < -0.3 is 9.47 Å². The standard InChI is InChI=1S/C20H24O2/c1-2-16-8-13-20(22-14-16)18-9-11-19(12-10-18)21-15-17-6-4-3-5-7-17/h3-7,9-12,16,20H,2,8,13-15H2,1H3. The summed E-state index contributed by atoms with van der Waals surface area (Å²) in [6.07, 6.45) is 3.88. The van der Waals surface area contributed by atoms with Crippen LogP contribution in [0.5, 0.6) is 5.75 Å². The number of hydrogen-bond donors (Lipinski definition) is 0. The largest absolute Gasteiger partial charge is 0.489 e. The molecule has 2 aromatic rings. The molecule has 2 heteroatoms. The van der Waals surface area contributed by atoms with Crippen molar-refractivity contribution in [1.82, 2.24) is 0 Å². The fraction of sp³-hybridized carbons (Fsp3) is 0.400. The second-order valence-corrected chi connectivity index (χ2v) is 6.02. The van der Waals surface area contributed by atoms with Crippen LogP contribution in [0.15, 0.2) is 54.6 Å². The molecule has 1 fully saturated rings. The molecule has 116 valence electrons. The van der Waals surface area contributed by atoms with Crippen molar-refractivity contribution < 1.29 is 9.47 Å². The van der Waals surface area contributed by atoms with Crippen molar-refractivity contribution in [2.75, 3.05) is 6.61 Å². The van der Waals surface area contributed by atoms with E-state index in [0.29, 0.717) is 6.61 Å². The highest BCUT2D eigenvalue weighted by atomic mass is 16.5. The predicted molar refractivity (Wildman–Crippen MR) is 88.9 cm³/mol. The summed E-state index contributed by atoms with van der Waals surface area (Å²) < 4.78 is 11.8. The van der Waals surface area contributed by atoms with Crippen LogP contribution in [0.1, 0.15) is 43.4 Å². The molecule has 2 nitrogen and oxygen atoms in total. The van der Waals surface area contributed by atoms with Crippen LogP contribution >= 0.6 is 0 Å². The van der Waals surface area contributed by atoms with Crippen LogP contribution in [0, 0.1) is 5.92 Å². The molecule has 1 heterocycles. The molecule has 0 aliphatic carbocycles. The van der Waals surface area contributed by atoms with Gasteiger partial charge in [0, 0.05) is 0 Å². The summed E-state index contributed by atoms with van der Waals surface area (Å²) in [5.74, 6) is 1.65. The topological polar surface area (TPSA) is 18.5 Å². The maximum atomic E-state index is 6.00. The molecule has 0 spiro atoms. The summed E-state index contributed by atoms with van der Waals surface area (Å²) in [5, 5.41) is 0. The average Bonchev–Trinajstić information content (AvgIpc) is 2.61. The molecule has 0 saturated carbocycles. The lowest BCUT2D eigenvalue weighted by Crippen LogP contribution is -2.20. The van der Waals surface area contributed by atoms with Gasteiger partial charge in [-0.2, -0.15) is 0 Å². The molecule has 0 amide bonds. The highest BCUT2D eigenvalue weighted by Gasteiger charge is 2.21. The fourth-order valence-electron chi connectivity index (χ4n) is 2.91. The van der Waals surface area contributed by atoms with Gasteiger partial charge >= 0.3 is 0 Å². The Morgan fingerprint density at radius 3 is 2.41 bits per heavy atom. The van der Waals surface area contributed by atoms with Crippen LogP contribution in [-0.2, 0) is 11.3 Å². The van der Waals surface area contributed by atoms with E-state index in [1.165, 1.54) is 24.0 Å². The van der Waals surface area contributed by atoms with Crippen LogP contribution in [0.2, 0.25) is 0 Å². The Balaban J connectivity index is 1.54. The van der Waals surface area contributed by atoms with Crippen molar-refractivity contribution in [3.8, 4) is 5.75 Å². The van der Waals surface area contributed by atoms with Gasteiger partial charge in [-0.3, -0.25) is 0 Å². The Labute approximate surface area is 133 Å². The Kier molecular flexibility index (Phi) is 5.12. The zero-order valence-corrected chi connectivity index (χ0v) is 13.2. The zero-order chi connectivity index (χ0) is 15.2. The summed E-state index contributed by atoms with van der Waals surface area (Å²) in [4.78, 5) is 0. The molecule has 2 aromatic carbocycles. The molecule has 1 saturated heterocycles. The lowest BCUT2D eigenvalue weighted by atomic mass is 9.93. The predicted octanol–water partition coefficient (Wildman–Crippen LogP) is 5.14. The molecular weight excluding hydrogens is 272 g/mol. The molecule has 0 N–H and O–H groups in total. The molecule has 2 unspecified atom stereocenters. The molecule has 3 rings (SSSR count). The van der Waals surface area contributed by atoms with Crippen molar-refractivity contribution in [2.45, 2.75) is 38.9 Å². The van der Waals surface area contributed by atoms with Gasteiger partial charge in [-0.25, -0.2) is 0 Å². The number of hydrogen-bond acceptors (Lipinski definition) is 2. The number of ether oxygens (including phenoxy) is 2. The normalized spacial score (nSPS) is 21.5. The van der Waals surface area contributed by atoms with Crippen molar-refractivity contribution in [1.29, 1.82) is 0 Å². The van der Waals surface area contributed by atoms with E-state index in [1.54, 1.807) is 0 Å². The zero-order valence-electron chi connectivity index (χ0n) is 13.2. The second-order valence-electron chi connectivity index (χ2n) is 6.02. The van der Waals surface area contributed by atoms with Crippen molar-refractivity contribution in [3.05, 3.63) is 65.7 Å². The monoisotopic (exact) mass is 296 g/mol. The third-order valence-electron chi connectivity index (χ3n) is 4.45. The van der Waals surface area contributed by atoms with E-state index in [1.807, 2.05) is 30.3 Å². The highest BCUT2D eigenvalue weighted by molar-refractivity contribution is 5.29. The fourth-order valence-corrected chi connectivity index (χ4v) is 2.91. The van der Waals surface area contributed by atoms with Gasteiger partial charge in [0.05, 0.1) is 12.7 Å². The summed E-state index contributed by atoms with van der Waals surface area (Å²) >= 11 is 0. The molecule has 1 aliphatic rings. The van der Waals surface area contributed by atoms with Gasteiger partial charge in [0.2, 0.25) is 0 Å². The van der Waals surface area contributed by atoms with E-state index in [2.05, 4.69) is 31.2 Å². The highest BCUT2D eigenvalue weighted by Crippen LogP contribution is 2.32. The summed E-state index contributed by atoms with van der Waals surface area (Å²) in [6.45, 7) is 3.75. The first-order chi connectivity index (χ1) is 10.8. The third kappa shape index (κ3) is 3.89. The summed E-state index contributed by atoms with van der Waals surface area (Å²) in [5.41, 5.74) is 2.45. The summed E-state index contributed by atoms with van der Waals surface area (Å²) in [6, 6.07) is 18.6. The van der Waals surface area contributed by atoms with E-state index < -0.39 is 0 Å². The van der Waals surface area contributed by atoms with E-state index >= 15 is 0 Å². The molecule has 0 bridgehead atoms. The first kappa shape index (κ1) is 15.1. The van der Waals surface area contributed by atoms with E-state index in [0.717, 1.165) is 24.7 Å². The Bertz CT molecular complexity index is 554. The number of benzene rings is 2. The van der Waals surface area contributed by atoms with Gasteiger partial charge in [-0.1, -0.05) is 55.8 Å². The van der Waals surface area contributed by atoms with Gasteiger partial charge in [0.15, 0.2) is 0 Å². The minimum atomic E-state index is 0.256. The molecular formula is C20H24O2. The van der Waals surface area contributed by atoms with Gasteiger partial charge in [-0.05, 0) is 42.0 Å². The van der Waals surface area contributed by atoms with Crippen molar-refractivity contribution in [3.63, 3.8) is 0 Å². The lowest BCUT2D eigenvalue weighted by molar-refractivity contribution is -0.0181. The second kappa shape index (κ2) is 7.46. The van der Waals surface area contributed by atoms with Crippen molar-refractivity contribution in [2.24, 2.45) is 5.92 Å². The van der Waals surface area contributed by atoms with Gasteiger partial charge in [0.25, 0.3) is 0 Å². The van der Waals surface area contributed by atoms with Gasteiger partial charge in [-0.15, -0.1) is 0 Å². The Morgan fingerprint density at radius 2 is 1.77 bits per heavy atom. The van der Waals surface area contributed by atoms with E-state index in [4.69, 9.17) is 9.47 Å². The SMILES string of the molecule is CCC1CCC(c2ccc(OCc3ccccc3)cc2)OC1. The van der Waals surface area contributed by atoms with E-state index in [-0.39, 0.29) is 6.10 Å². The minimum absolute atomic E-state index is 0.256. The van der Waals surface area contributed by atoms with Crippen LogP contribution < -0.4 is 4.74 Å². The maximum Gasteiger partial charge on any atom is 0.119 e. The van der Waals surface area contributed by atoms with Crippen LogP contribution in [0.4, 0.5) is 0 Å². The van der Waals surface area contributed by atoms with Crippen LogP contribution in [0.3, 0.4) is 0 Å². The molecule has 2 atom stereocenters. The molecule has 1 aliphatic heterocycles. The first-order valence-electron chi connectivity index (χ1n) is 8.23. The maximum absolute atomic E-state index is 6.00. The Morgan fingerprint density at radius 1 is 1.00 bits per heavy atom. The minimum Gasteiger partial charge on any atom is -0.489 e.